The summed E-state index contributed by atoms with van der Waals surface area (Å²) in [5.41, 5.74) is 5.25. The van der Waals surface area contributed by atoms with Gasteiger partial charge >= 0.3 is 0 Å². The van der Waals surface area contributed by atoms with Crippen LogP contribution in [-0.2, 0) is 0 Å². The van der Waals surface area contributed by atoms with Gasteiger partial charge in [0.2, 0.25) is 0 Å². The van der Waals surface area contributed by atoms with Crippen molar-refractivity contribution in [1.82, 2.24) is 0 Å². The summed E-state index contributed by atoms with van der Waals surface area (Å²) in [6.07, 6.45) is 2.69. The van der Waals surface area contributed by atoms with Gasteiger partial charge in [0.25, 0.3) is 0 Å². The summed E-state index contributed by atoms with van der Waals surface area (Å²) in [4.78, 5) is 3.79. The van der Waals surface area contributed by atoms with Crippen LogP contribution in [0.5, 0.6) is 0 Å². The molecule has 0 saturated carbocycles. The molecule has 0 saturated heterocycles. The Kier molecular flexibility index (Phi) is 4.14. The first-order valence-electron chi connectivity index (χ1n) is 2.83. The topological polar surface area (TPSA) is 38.4 Å². The van der Waals surface area contributed by atoms with Crippen LogP contribution in [0.3, 0.4) is 0 Å². The Balaban J connectivity index is 3.90. The fourth-order valence-corrected chi connectivity index (χ4v) is 0.670. The molecule has 0 aromatic rings. The van der Waals surface area contributed by atoms with E-state index in [2.05, 4.69) is 4.99 Å². The molecule has 0 atom stereocenters. The van der Waals surface area contributed by atoms with E-state index in [0.717, 1.165) is 6.42 Å². The highest BCUT2D eigenvalue weighted by molar-refractivity contribution is 6.29. The summed E-state index contributed by atoms with van der Waals surface area (Å²) in [6, 6.07) is 0. The van der Waals surface area contributed by atoms with E-state index < -0.39 is 0 Å². The molecule has 0 heterocycles. The lowest BCUT2D eigenvalue weighted by Gasteiger charge is -1.88. The molecule has 2 nitrogen and oxygen atoms in total. The summed E-state index contributed by atoms with van der Waals surface area (Å²) in [6.45, 7) is 3.69. The predicted molar refractivity (Wildman–Crippen MR) is 41.5 cm³/mol. The zero-order valence-corrected chi connectivity index (χ0v) is 6.44. The number of aliphatic imine (C=N–C) groups is 1. The second kappa shape index (κ2) is 4.39. The monoisotopic (exact) mass is 146 g/mol. The zero-order valence-electron chi connectivity index (χ0n) is 5.69. The van der Waals surface area contributed by atoms with Gasteiger partial charge < -0.3 is 5.73 Å². The van der Waals surface area contributed by atoms with E-state index in [9.17, 15) is 0 Å². The number of allylic oxidation sites excluding steroid dienone is 1. The second-order valence-corrected chi connectivity index (χ2v) is 2.08. The van der Waals surface area contributed by atoms with E-state index in [-0.39, 0.29) is 0 Å². The second-order valence-electron chi connectivity index (χ2n) is 1.69. The molecule has 0 aliphatic rings. The van der Waals surface area contributed by atoms with Crippen molar-refractivity contribution >= 4 is 17.4 Å². The van der Waals surface area contributed by atoms with Gasteiger partial charge in [-0.2, -0.15) is 0 Å². The quantitative estimate of drug-likeness (QED) is 0.361. The first kappa shape index (κ1) is 8.50. The Hall–Kier alpha value is -0.500. The lowest BCUT2D eigenvalue weighted by molar-refractivity contribution is 1.20. The summed E-state index contributed by atoms with van der Waals surface area (Å²) in [7, 11) is 0. The molecule has 2 N–H and O–H groups in total. The van der Waals surface area contributed by atoms with Crippen LogP contribution in [0.4, 0.5) is 0 Å². The third kappa shape index (κ3) is 5.37. The van der Waals surface area contributed by atoms with E-state index in [1.54, 1.807) is 13.0 Å². The SMILES string of the molecule is CCC=C(Cl)N=C(C)N. The number of nitrogens with zero attached hydrogens (tertiary/aromatic N) is 1. The minimum absolute atomic E-state index is 0.470. The smallest absolute Gasteiger partial charge is 0.127 e. The van der Waals surface area contributed by atoms with Crippen LogP contribution in [0.1, 0.15) is 20.3 Å². The maximum absolute atomic E-state index is 5.57. The van der Waals surface area contributed by atoms with Crippen LogP contribution >= 0.6 is 11.6 Å². The van der Waals surface area contributed by atoms with Crippen LogP contribution in [0.15, 0.2) is 16.2 Å². The van der Waals surface area contributed by atoms with Crippen LogP contribution in [0.2, 0.25) is 0 Å². The molecule has 0 fully saturated rings. The third-order valence-electron chi connectivity index (χ3n) is 0.656. The highest BCUT2D eigenvalue weighted by atomic mass is 35.5. The maximum Gasteiger partial charge on any atom is 0.127 e. The van der Waals surface area contributed by atoms with Crippen molar-refractivity contribution in [3.63, 3.8) is 0 Å². The van der Waals surface area contributed by atoms with E-state index in [1.165, 1.54) is 0 Å². The average molecular weight is 147 g/mol. The molecule has 0 radical (unpaired) electrons. The molecule has 9 heavy (non-hydrogen) atoms. The molecule has 0 aliphatic carbocycles. The zero-order chi connectivity index (χ0) is 7.28. The molecule has 0 aliphatic heterocycles. The number of hydrogen-bond acceptors (Lipinski definition) is 1. The van der Waals surface area contributed by atoms with Crippen molar-refractivity contribution in [3.05, 3.63) is 11.2 Å². The lowest BCUT2D eigenvalue weighted by atomic mass is 10.5. The first-order chi connectivity index (χ1) is 4.16. The summed E-state index contributed by atoms with van der Waals surface area (Å²) in [5.74, 6) is 0.490. The molecule has 52 valence electrons. The van der Waals surface area contributed by atoms with Crippen LogP contribution in [0.25, 0.3) is 0 Å². The van der Waals surface area contributed by atoms with Crippen LogP contribution < -0.4 is 5.73 Å². The highest BCUT2D eigenvalue weighted by Crippen LogP contribution is 2.03. The molecule has 0 aromatic carbocycles. The average Bonchev–Trinajstić information content (AvgIpc) is 1.63. The van der Waals surface area contributed by atoms with Gasteiger partial charge in [-0.25, -0.2) is 4.99 Å². The van der Waals surface area contributed by atoms with E-state index in [1.807, 2.05) is 6.92 Å². The van der Waals surface area contributed by atoms with E-state index >= 15 is 0 Å². The molecule has 0 unspecified atom stereocenters. The Morgan fingerprint density at radius 3 is 2.67 bits per heavy atom. The summed E-state index contributed by atoms with van der Waals surface area (Å²) < 4.78 is 0. The summed E-state index contributed by atoms with van der Waals surface area (Å²) in [5, 5.41) is 0.470. The minimum Gasteiger partial charge on any atom is -0.387 e. The van der Waals surface area contributed by atoms with Gasteiger partial charge in [0.05, 0.1) is 5.84 Å². The molecule has 0 spiro atoms. The standard InChI is InChI=1S/C6H11ClN2/c1-3-4-6(7)9-5(2)8/h4H,3H2,1-2H3,(H2,8,9). The van der Waals surface area contributed by atoms with Gasteiger partial charge in [0, 0.05) is 0 Å². The molecule has 0 bridgehead atoms. The molecular formula is C6H11ClN2. The van der Waals surface area contributed by atoms with Gasteiger partial charge in [-0.05, 0) is 19.4 Å². The highest BCUT2D eigenvalue weighted by Gasteiger charge is 1.83. The number of hydrogen-bond donors (Lipinski definition) is 1. The molecule has 3 heteroatoms. The van der Waals surface area contributed by atoms with Crippen molar-refractivity contribution in [2.45, 2.75) is 20.3 Å². The molecule has 0 rings (SSSR count). The van der Waals surface area contributed by atoms with Crippen molar-refractivity contribution < 1.29 is 0 Å². The van der Waals surface area contributed by atoms with Crippen molar-refractivity contribution in [1.29, 1.82) is 0 Å². The van der Waals surface area contributed by atoms with Gasteiger partial charge in [-0.3, -0.25) is 0 Å². The van der Waals surface area contributed by atoms with Crippen LogP contribution in [-0.4, -0.2) is 5.84 Å². The van der Waals surface area contributed by atoms with Crippen molar-refractivity contribution in [3.8, 4) is 0 Å². The van der Waals surface area contributed by atoms with Crippen LogP contribution in [0, 0.1) is 0 Å². The van der Waals surface area contributed by atoms with Gasteiger partial charge in [0.1, 0.15) is 5.16 Å². The molecule has 0 amide bonds. The van der Waals surface area contributed by atoms with E-state index in [4.69, 9.17) is 17.3 Å². The molecular weight excluding hydrogens is 136 g/mol. The summed E-state index contributed by atoms with van der Waals surface area (Å²) >= 11 is 5.57. The minimum atomic E-state index is 0.470. The fraction of sp³-hybridized carbons (Fsp3) is 0.500. The normalized spacial score (nSPS) is 14.1. The number of rotatable bonds is 2. The van der Waals surface area contributed by atoms with Gasteiger partial charge in [-0.1, -0.05) is 18.5 Å². The lowest BCUT2D eigenvalue weighted by Crippen LogP contribution is -2.04. The number of nitrogens with two attached hydrogens (primary N) is 1. The first-order valence-corrected chi connectivity index (χ1v) is 3.21. The Labute approximate surface area is 60.4 Å². The van der Waals surface area contributed by atoms with Crippen molar-refractivity contribution in [2.24, 2.45) is 10.7 Å². The fourth-order valence-electron chi connectivity index (χ4n) is 0.383. The van der Waals surface area contributed by atoms with Gasteiger partial charge in [0.15, 0.2) is 0 Å². The van der Waals surface area contributed by atoms with Gasteiger partial charge in [-0.15, -0.1) is 0 Å². The molecule has 0 aromatic heterocycles. The number of amidine groups is 1. The largest absolute Gasteiger partial charge is 0.387 e. The van der Waals surface area contributed by atoms with E-state index in [0.29, 0.717) is 11.0 Å². The van der Waals surface area contributed by atoms with Crippen molar-refractivity contribution in [2.75, 3.05) is 0 Å². The third-order valence-corrected chi connectivity index (χ3v) is 0.895. The number of halogens is 1. The Morgan fingerprint density at radius 2 is 2.33 bits per heavy atom. The Bertz CT molecular complexity index is 134. The maximum atomic E-state index is 5.57. The Morgan fingerprint density at radius 1 is 1.78 bits per heavy atom. The predicted octanol–water partition coefficient (Wildman–Crippen LogP) is 1.85.